The van der Waals surface area contributed by atoms with E-state index in [-0.39, 0.29) is 0 Å². The normalized spacial score (nSPS) is 17.9. The summed E-state index contributed by atoms with van der Waals surface area (Å²) >= 11 is 0. The van der Waals surface area contributed by atoms with Gasteiger partial charge in [0.2, 0.25) is 0 Å². The second kappa shape index (κ2) is 2.67. The first-order valence-electron chi connectivity index (χ1n) is 2.80. The van der Waals surface area contributed by atoms with Crippen LogP contribution in [0.5, 0.6) is 0 Å². The molecule has 3 heteroatoms. The highest BCUT2D eigenvalue weighted by atomic mass is 15.2. The lowest BCUT2D eigenvalue weighted by atomic mass is 10.5. The third kappa shape index (κ3) is 1.20. The molecule has 0 aromatic rings. The average molecular weight is 112 g/mol. The molecule has 8 heavy (non-hydrogen) atoms. The average Bonchev–Trinajstić information content (AvgIpc) is 2.19. The van der Waals surface area contributed by atoms with Crippen LogP contribution in [0.25, 0.3) is 0 Å². The van der Waals surface area contributed by atoms with Gasteiger partial charge in [-0.15, -0.1) is 0 Å². The summed E-state index contributed by atoms with van der Waals surface area (Å²) in [7, 11) is 0. The molecule has 0 atom stereocenters. The lowest BCUT2D eigenvalue weighted by Crippen LogP contribution is -2.26. The van der Waals surface area contributed by atoms with Crippen LogP contribution in [0.1, 0.15) is 0 Å². The van der Waals surface area contributed by atoms with E-state index >= 15 is 0 Å². The molecule has 2 N–H and O–H groups in total. The summed E-state index contributed by atoms with van der Waals surface area (Å²) in [5, 5.41) is 0. The largest absolute Gasteiger partial charge is 0.351 e. The molecule has 1 heterocycles. The fourth-order valence-corrected chi connectivity index (χ4v) is 0.688. The minimum absolute atomic E-state index is 0.697. The van der Waals surface area contributed by atoms with Gasteiger partial charge in [-0.25, -0.2) is 0 Å². The van der Waals surface area contributed by atoms with Crippen molar-refractivity contribution in [2.75, 3.05) is 26.2 Å². The predicted molar refractivity (Wildman–Crippen MR) is 32.9 cm³/mol. The second-order valence-corrected chi connectivity index (χ2v) is 1.76. The van der Waals surface area contributed by atoms with E-state index in [1.807, 2.05) is 4.90 Å². The molecule has 0 fully saturated rings. The molecule has 0 unspecified atom stereocenters. The van der Waals surface area contributed by atoms with Gasteiger partial charge in [0.1, 0.15) is 0 Å². The minimum atomic E-state index is 0.697. The molecule has 0 aromatic carbocycles. The Balaban J connectivity index is 2.16. The van der Waals surface area contributed by atoms with Gasteiger partial charge < -0.3 is 10.6 Å². The van der Waals surface area contributed by atoms with Gasteiger partial charge in [0.25, 0.3) is 0 Å². The molecule has 0 aromatic heterocycles. The molecule has 0 bridgehead atoms. The van der Waals surface area contributed by atoms with Gasteiger partial charge in [0, 0.05) is 19.6 Å². The Labute approximate surface area is 49.2 Å². The Bertz CT molecular complexity index is 89.7. The molecule has 1 rings (SSSR count). The molecule has 1 aliphatic rings. The van der Waals surface area contributed by atoms with Crippen molar-refractivity contribution in [1.82, 2.24) is 4.90 Å². The minimum Gasteiger partial charge on any atom is -0.351 e. The smallest absolute Gasteiger partial charge is 0.167 e. The summed E-state index contributed by atoms with van der Waals surface area (Å²) in [5.41, 5.74) is 5.28. The van der Waals surface area contributed by atoms with Gasteiger partial charge in [0.05, 0.1) is 6.54 Å². The van der Waals surface area contributed by atoms with Gasteiger partial charge in [-0.1, -0.05) is 0 Å². The quantitative estimate of drug-likeness (QED) is 0.506. The van der Waals surface area contributed by atoms with Crippen LogP contribution >= 0.6 is 0 Å². The highest BCUT2D eigenvalue weighted by Gasteiger charge is 2.02. The summed E-state index contributed by atoms with van der Waals surface area (Å²) in [6, 6.07) is 0. The van der Waals surface area contributed by atoms with E-state index in [4.69, 9.17) is 5.73 Å². The van der Waals surface area contributed by atoms with Crippen molar-refractivity contribution in [3.05, 3.63) is 0 Å². The van der Waals surface area contributed by atoms with Crippen molar-refractivity contribution in [2.24, 2.45) is 10.7 Å². The van der Waals surface area contributed by atoms with E-state index in [1.165, 1.54) is 0 Å². The molecule has 1 radical (unpaired) electrons. The van der Waals surface area contributed by atoms with Crippen LogP contribution in [0, 0.1) is 0 Å². The number of rotatable bonds is 2. The topological polar surface area (TPSA) is 41.6 Å². The lowest BCUT2D eigenvalue weighted by Gasteiger charge is -2.08. The van der Waals surface area contributed by atoms with Crippen molar-refractivity contribution >= 4 is 6.34 Å². The zero-order valence-electron chi connectivity index (χ0n) is 4.80. The third-order valence-corrected chi connectivity index (χ3v) is 1.09. The second-order valence-electron chi connectivity index (χ2n) is 1.76. The van der Waals surface area contributed by atoms with E-state index in [1.54, 1.807) is 0 Å². The Morgan fingerprint density at radius 3 is 3.12 bits per heavy atom. The van der Waals surface area contributed by atoms with Gasteiger partial charge in [-0.3, -0.25) is 4.99 Å². The Kier molecular flexibility index (Phi) is 1.86. The van der Waals surface area contributed by atoms with Crippen LogP contribution in [0.2, 0.25) is 0 Å². The van der Waals surface area contributed by atoms with Gasteiger partial charge in [0.15, 0.2) is 6.34 Å². The van der Waals surface area contributed by atoms with Gasteiger partial charge in [-0.05, 0) is 0 Å². The molecule has 0 saturated heterocycles. The maximum absolute atomic E-state index is 5.28. The summed E-state index contributed by atoms with van der Waals surface area (Å²) in [6.07, 6.45) is 2.84. The first-order chi connectivity index (χ1) is 3.93. The SMILES string of the molecule is NCCN1[C]=NCC1. The van der Waals surface area contributed by atoms with Crippen LogP contribution in [0.3, 0.4) is 0 Å². The van der Waals surface area contributed by atoms with Crippen LogP contribution in [0.4, 0.5) is 0 Å². The fourth-order valence-electron chi connectivity index (χ4n) is 0.688. The zero-order chi connectivity index (χ0) is 5.82. The standard InChI is InChI=1S/C5H10N3/c6-1-3-8-4-2-7-5-8/h1-4,6H2. The maximum atomic E-state index is 5.28. The molecule has 0 saturated carbocycles. The van der Waals surface area contributed by atoms with E-state index in [9.17, 15) is 0 Å². The number of aliphatic imine (C=N–C) groups is 1. The predicted octanol–water partition coefficient (Wildman–Crippen LogP) is -0.834. The van der Waals surface area contributed by atoms with Crippen LogP contribution in [-0.2, 0) is 0 Å². The molecule has 3 nitrogen and oxygen atoms in total. The van der Waals surface area contributed by atoms with Crippen LogP contribution in [-0.4, -0.2) is 37.4 Å². The number of nitrogens with two attached hydrogens (primary N) is 1. The van der Waals surface area contributed by atoms with Crippen LogP contribution < -0.4 is 5.73 Å². The van der Waals surface area contributed by atoms with Crippen molar-refractivity contribution in [3.8, 4) is 0 Å². The van der Waals surface area contributed by atoms with Crippen molar-refractivity contribution < 1.29 is 0 Å². The lowest BCUT2D eigenvalue weighted by molar-refractivity contribution is 0.478. The number of hydrogen-bond donors (Lipinski definition) is 1. The summed E-state index contributed by atoms with van der Waals surface area (Å²) < 4.78 is 0. The highest BCUT2D eigenvalue weighted by Crippen LogP contribution is 1.89. The van der Waals surface area contributed by atoms with E-state index < -0.39 is 0 Å². The molecule has 0 amide bonds. The van der Waals surface area contributed by atoms with Gasteiger partial charge in [-0.2, -0.15) is 0 Å². The zero-order valence-corrected chi connectivity index (χ0v) is 4.80. The molecule has 0 aliphatic carbocycles. The summed E-state index contributed by atoms with van der Waals surface area (Å²) in [5.74, 6) is 0. The van der Waals surface area contributed by atoms with Crippen molar-refractivity contribution in [2.45, 2.75) is 0 Å². The summed E-state index contributed by atoms with van der Waals surface area (Å²) in [4.78, 5) is 5.90. The third-order valence-electron chi connectivity index (χ3n) is 1.09. The van der Waals surface area contributed by atoms with Crippen molar-refractivity contribution in [3.63, 3.8) is 0 Å². The molecule has 0 spiro atoms. The molecular formula is C5H10N3. The van der Waals surface area contributed by atoms with E-state index in [2.05, 4.69) is 11.3 Å². The maximum Gasteiger partial charge on any atom is 0.167 e. The first-order valence-corrected chi connectivity index (χ1v) is 2.80. The molecule has 1 aliphatic heterocycles. The number of hydrogen-bond acceptors (Lipinski definition) is 3. The number of nitrogens with zero attached hydrogens (tertiary/aromatic N) is 2. The molecular weight excluding hydrogens is 102 g/mol. The van der Waals surface area contributed by atoms with Crippen molar-refractivity contribution in [1.29, 1.82) is 0 Å². The molecule has 45 valence electrons. The first kappa shape index (κ1) is 5.56. The van der Waals surface area contributed by atoms with E-state index in [0.29, 0.717) is 6.54 Å². The van der Waals surface area contributed by atoms with E-state index in [0.717, 1.165) is 19.6 Å². The Morgan fingerprint density at radius 2 is 2.62 bits per heavy atom. The van der Waals surface area contributed by atoms with Gasteiger partial charge >= 0.3 is 0 Å². The van der Waals surface area contributed by atoms with Crippen LogP contribution in [0.15, 0.2) is 4.99 Å². The fraction of sp³-hybridized carbons (Fsp3) is 0.800. The monoisotopic (exact) mass is 112 g/mol. The summed E-state index contributed by atoms with van der Waals surface area (Å²) in [6.45, 7) is 3.48. The Hall–Kier alpha value is -0.570. The highest BCUT2D eigenvalue weighted by molar-refractivity contribution is 5.56. The Morgan fingerprint density at radius 1 is 1.75 bits per heavy atom.